The van der Waals surface area contributed by atoms with E-state index in [0.717, 1.165) is 16.9 Å². The third-order valence-corrected chi connectivity index (χ3v) is 7.70. The Morgan fingerprint density at radius 1 is 1.09 bits per heavy atom. The summed E-state index contributed by atoms with van der Waals surface area (Å²) in [4.78, 5) is 0.173. The lowest BCUT2D eigenvalue weighted by molar-refractivity contribution is 0.434. The molecule has 0 unspecified atom stereocenters. The van der Waals surface area contributed by atoms with Crippen molar-refractivity contribution in [1.82, 2.24) is 4.31 Å². The van der Waals surface area contributed by atoms with Crippen molar-refractivity contribution < 1.29 is 8.42 Å². The first-order valence-corrected chi connectivity index (χ1v) is 10.3. The van der Waals surface area contributed by atoms with Gasteiger partial charge in [-0.2, -0.15) is 4.31 Å². The smallest absolute Gasteiger partial charge is 0.207 e. The van der Waals surface area contributed by atoms with Gasteiger partial charge in [0, 0.05) is 12.3 Å². The summed E-state index contributed by atoms with van der Waals surface area (Å²) in [6.45, 7) is 2.49. The second-order valence-corrected chi connectivity index (χ2v) is 9.22. The number of rotatable bonds is 3. The average Bonchev–Trinajstić information content (AvgIpc) is 3.01. The topological polar surface area (TPSA) is 37.4 Å². The molecule has 2 aromatic carbocycles. The number of benzene rings is 2. The number of hydrogen-bond donors (Lipinski definition) is 0. The molecule has 1 aliphatic rings. The molecule has 2 aromatic rings. The fraction of sp³-hybridized carbons (Fsp3) is 0.250. The van der Waals surface area contributed by atoms with Gasteiger partial charge in [0.15, 0.2) is 0 Å². The normalized spacial score (nSPS) is 19.2. The zero-order valence-corrected chi connectivity index (χ0v) is 15.5. The van der Waals surface area contributed by atoms with E-state index in [1.54, 1.807) is 11.8 Å². The van der Waals surface area contributed by atoms with Gasteiger partial charge in [-0.3, -0.25) is 0 Å². The number of sulfonamides is 1. The first-order chi connectivity index (χ1) is 10.9. The average molecular weight is 388 g/mol. The van der Waals surface area contributed by atoms with E-state index in [1.807, 2.05) is 31.2 Å². The Balaban J connectivity index is 1.97. The zero-order valence-electron chi connectivity index (χ0n) is 12.4. The summed E-state index contributed by atoms with van der Waals surface area (Å²) in [6, 6.07) is 12.4. The fourth-order valence-electron chi connectivity index (χ4n) is 2.47. The molecule has 0 N–H and O–H groups in total. The Bertz CT molecular complexity index is 822. The van der Waals surface area contributed by atoms with E-state index in [2.05, 4.69) is 0 Å². The highest BCUT2D eigenvalue weighted by Gasteiger charge is 2.36. The minimum atomic E-state index is -3.62. The third kappa shape index (κ3) is 3.39. The van der Waals surface area contributed by atoms with Crippen molar-refractivity contribution in [3.63, 3.8) is 0 Å². The van der Waals surface area contributed by atoms with Crippen LogP contribution in [0.1, 0.15) is 16.5 Å². The minimum Gasteiger partial charge on any atom is -0.207 e. The van der Waals surface area contributed by atoms with Gasteiger partial charge in [0.2, 0.25) is 10.0 Å². The fourth-order valence-corrected chi connectivity index (χ4v) is 6.10. The van der Waals surface area contributed by atoms with E-state index in [1.165, 1.54) is 22.5 Å². The maximum Gasteiger partial charge on any atom is 0.244 e. The summed E-state index contributed by atoms with van der Waals surface area (Å²) in [5.74, 6) is 0.763. The first kappa shape index (κ1) is 17.1. The molecular formula is C16H15Cl2NO2S2. The summed E-state index contributed by atoms with van der Waals surface area (Å²) in [7, 11) is -3.62. The zero-order chi connectivity index (χ0) is 16.6. The van der Waals surface area contributed by atoms with Gasteiger partial charge in [-0.1, -0.05) is 53.0 Å². The molecule has 0 bridgehead atoms. The summed E-state index contributed by atoms with van der Waals surface area (Å²) < 4.78 is 27.4. The largest absolute Gasteiger partial charge is 0.244 e. The van der Waals surface area contributed by atoms with Crippen molar-refractivity contribution in [3.8, 4) is 0 Å². The quantitative estimate of drug-likeness (QED) is 0.762. The predicted octanol–water partition coefficient (Wildman–Crippen LogP) is 4.74. The molecule has 1 fully saturated rings. The Morgan fingerprint density at radius 2 is 1.78 bits per heavy atom. The number of nitrogens with zero attached hydrogens (tertiary/aromatic N) is 1. The molecule has 0 aromatic heterocycles. The lowest BCUT2D eigenvalue weighted by Crippen LogP contribution is -2.30. The summed E-state index contributed by atoms with van der Waals surface area (Å²) in [5, 5.41) is 0.373. The molecule has 1 heterocycles. The molecule has 1 saturated heterocycles. The van der Waals surface area contributed by atoms with Crippen LogP contribution in [0.2, 0.25) is 10.0 Å². The second kappa shape index (κ2) is 6.65. The number of aryl methyl sites for hydroxylation is 1. The maximum absolute atomic E-state index is 13.0. The van der Waals surface area contributed by atoms with Crippen molar-refractivity contribution in [2.75, 3.05) is 12.3 Å². The molecule has 0 radical (unpaired) electrons. The van der Waals surface area contributed by atoms with Crippen molar-refractivity contribution >= 4 is 45.0 Å². The van der Waals surface area contributed by atoms with Gasteiger partial charge in [0.1, 0.15) is 0 Å². The van der Waals surface area contributed by atoms with Crippen LogP contribution >= 0.6 is 35.0 Å². The second-order valence-electron chi connectivity index (χ2n) is 5.33. The molecule has 0 saturated carbocycles. The monoisotopic (exact) mass is 387 g/mol. The maximum atomic E-state index is 13.0. The Labute approximate surface area is 150 Å². The van der Waals surface area contributed by atoms with E-state index in [0.29, 0.717) is 11.6 Å². The van der Waals surface area contributed by atoms with Crippen LogP contribution in [-0.4, -0.2) is 25.0 Å². The number of thioether (sulfide) groups is 1. The highest BCUT2D eigenvalue weighted by molar-refractivity contribution is 8.01. The molecule has 1 aliphatic heterocycles. The molecule has 0 aliphatic carbocycles. The lowest BCUT2D eigenvalue weighted by Gasteiger charge is -2.23. The van der Waals surface area contributed by atoms with Crippen LogP contribution in [0.15, 0.2) is 47.4 Å². The Hall–Kier alpha value is -0.720. The molecule has 3 rings (SSSR count). The van der Waals surface area contributed by atoms with E-state index in [9.17, 15) is 8.42 Å². The van der Waals surface area contributed by atoms with Crippen molar-refractivity contribution in [3.05, 3.63) is 63.6 Å². The van der Waals surface area contributed by atoms with Crippen molar-refractivity contribution in [2.24, 2.45) is 0 Å². The molecule has 0 amide bonds. The van der Waals surface area contributed by atoms with Gasteiger partial charge in [0.05, 0.1) is 20.3 Å². The number of halogens is 2. The van der Waals surface area contributed by atoms with Crippen molar-refractivity contribution in [2.45, 2.75) is 17.2 Å². The summed E-state index contributed by atoms with van der Waals surface area (Å²) in [5.41, 5.74) is 2.14. The standard InChI is InChI=1S/C16H15Cl2NO2S2/c1-11-2-4-12(5-3-11)16-19(8-9-22-16)23(20,21)13-6-7-14(17)15(18)10-13/h2-7,10,16H,8-9H2,1H3/t16-/m1/s1. The minimum absolute atomic E-state index is 0.173. The predicted molar refractivity (Wildman–Crippen MR) is 96.7 cm³/mol. The summed E-state index contributed by atoms with van der Waals surface area (Å²) in [6.07, 6.45) is 0. The van der Waals surface area contributed by atoms with Crippen LogP contribution in [0.5, 0.6) is 0 Å². The Kier molecular flexibility index (Phi) is 4.95. The van der Waals surface area contributed by atoms with E-state index in [4.69, 9.17) is 23.2 Å². The molecule has 7 heteroatoms. The van der Waals surface area contributed by atoms with Crippen LogP contribution < -0.4 is 0 Å². The molecule has 0 spiro atoms. The van der Waals surface area contributed by atoms with Crippen LogP contribution in [0, 0.1) is 6.92 Å². The van der Waals surface area contributed by atoms with Gasteiger partial charge >= 0.3 is 0 Å². The molecule has 122 valence electrons. The van der Waals surface area contributed by atoms with Crippen molar-refractivity contribution in [1.29, 1.82) is 0 Å². The van der Waals surface area contributed by atoms with Gasteiger partial charge in [0.25, 0.3) is 0 Å². The lowest BCUT2D eigenvalue weighted by atomic mass is 10.1. The van der Waals surface area contributed by atoms with Crippen LogP contribution in [0.3, 0.4) is 0 Å². The molecule has 23 heavy (non-hydrogen) atoms. The van der Waals surface area contributed by atoms with E-state index >= 15 is 0 Å². The van der Waals surface area contributed by atoms with Gasteiger partial charge in [-0.25, -0.2) is 8.42 Å². The highest BCUT2D eigenvalue weighted by atomic mass is 35.5. The van der Waals surface area contributed by atoms with Crippen LogP contribution in [0.4, 0.5) is 0 Å². The molecule has 1 atom stereocenters. The van der Waals surface area contributed by atoms with Gasteiger partial charge < -0.3 is 0 Å². The van der Waals surface area contributed by atoms with E-state index in [-0.39, 0.29) is 15.3 Å². The SMILES string of the molecule is Cc1ccc([C@H]2SCCN2S(=O)(=O)c2ccc(Cl)c(Cl)c2)cc1. The van der Waals surface area contributed by atoms with Crippen LogP contribution in [-0.2, 0) is 10.0 Å². The number of hydrogen-bond acceptors (Lipinski definition) is 3. The highest BCUT2D eigenvalue weighted by Crippen LogP contribution is 2.41. The molecule has 3 nitrogen and oxygen atoms in total. The molecular weight excluding hydrogens is 373 g/mol. The van der Waals surface area contributed by atoms with Gasteiger partial charge in [-0.15, -0.1) is 11.8 Å². The first-order valence-electron chi connectivity index (χ1n) is 7.04. The van der Waals surface area contributed by atoms with E-state index < -0.39 is 10.0 Å². The van der Waals surface area contributed by atoms with Gasteiger partial charge in [-0.05, 0) is 30.7 Å². The third-order valence-electron chi connectivity index (χ3n) is 3.71. The Morgan fingerprint density at radius 3 is 2.43 bits per heavy atom. The summed E-state index contributed by atoms with van der Waals surface area (Å²) >= 11 is 13.5. The van der Waals surface area contributed by atoms with Crippen LogP contribution in [0.25, 0.3) is 0 Å².